The molecule has 0 N–H and O–H groups in total. The van der Waals surface area contributed by atoms with Crippen LogP contribution in [-0.4, -0.2) is 25.7 Å². The minimum absolute atomic E-state index is 0.0463. The lowest BCUT2D eigenvalue weighted by atomic mass is 10.1. The third-order valence-corrected chi connectivity index (χ3v) is 2.43. The van der Waals surface area contributed by atoms with Gasteiger partial charge in [-0.15, -0.1) is 0 Å². The molecule has 0 amide bonds. The summed E-state index contributed by atoms with van der Waals surface area (Å²) in [6, 6.07) is 5.84. The maximum Gasteiger partial charge on any atom is 0.325 e. The Morgan fingerprint density at radius 2 is 2.22 bits per heavy atom. The first-order valence-corrected chi connectivity index (χ1v) is 5.72. The SMILES string of the molecule is CCOC(=O)CN(CC)c1ccc(F)cc1C#N. The van der Waals surface area contributed by atoms with E-state index in [1.807, 2.05) is 13.0 Å². The van der Waals surface area contributed by atoms with Crippen molar-refractivity contribution in [3.05, 3.63) is 29.6 Å². The molecule has 0 heterocycles. The zero-order valence-electron chi connectivity index (χ0n) is 10.4. The third-order valence-electron chi connectivity index (χ3n) is 2.43. The van der Waals surface area contributed by atoms with Gasteiger partial charge in [0.2, 0.25) is 0 Å². The van der Waals surface area contributed by atoms with Gasteiger partial charge in [0.05, 0.1) is 17.9 Å². The van der Waals surface area contributed by atoms with Crippen LogP contribution in [0, 0.1) is 17.1 Å². The van der Waals surface area contributed by atoms with Gasteiger partial charge >= 0.3 is 5.97 Å². The topological polar surface area (TPSA) is 53.3 Å². The van der Waals surface area contributed by atoms with E-state index >= 15 is 0 Å². The van der Waals surface area contributed by atoms with Crippen molar-refractivity contribution in [2.45, 2.75) is 13.8 Å². The molecule has 0 atom stereocenters. The maximum atomic E-state index is 13.0. The quantitative estimate of drug-likeness (QED) is 0.751. The molecule has 0 bridgehead atoms. The molecule has 18 heavy (non-hydrogen) atoms. The van der Waals surface area contributed by atoms with Gasteiger partial charge in [-0.05, 0) is 32.0 Å². The Bertz CT molecular complexity index is 469. The van der Waals surface area contributed by atoms with Crippen LogP contribution < -0.4 is 4.90 Å². The first-order valence-electron chi connectivity index (χ1n) is 5.72. The van der Waals surface area contributed by atoms with Gasteiger partial charge in [0.1, 0.15) is 18.4 Å². The second kappa shape index (κ2) is 6.60. The number of ether oxygens (including phenoxy) is 1. The fraction of sp³-hybridized carbons (Fsp3) is 0.385. The van der Waals surface area contributed by atoms with Gasteiger partial charge in [-0.3, -0.25) is 4.79 Å². The molecule has 0 aromatic heterocycles. The Morgan fingerprint density at radius 3 is 2.78 bits per heavy atom. The summed E-state index contributed by atoms with van der Waals surface area (Å²) >= 11 is 0. The highest BCUT2D eigenvalue weighted by atomic mass is 19.1. The number of likely N-dealkylation sites (N-methyl/N-ethyl adjacent to an activating group) is 1. The summed E-state index contributed by atoms with van der Waals surface area (Å²) in [7, 11) is 0. The second-order valence-electron chi connectivity index (χ2n) is 3.59. The number of rotatable bonds is 5. The van der Waals surface area contributed by atoms with E-state index in [2.05, 4.69) is 0 Å². The van der Waals surface area contributed by atoms with Crippen molar-refractivity contribution in [3.63, 3.8) is 0 Å². The van der Waals surface area contributed by atoms with E-state index in [0.717, 1.165) is 6.07 Å². The van der Waals surface area contributed by atoms with Gasteiger partial charge in [0, 0.05) is 6.54 Å². The fourth-order valence-corrected chi connectivity index (χ4v) is 1.60. The molecular weight excluding hydrogens is 235 g/mol. The predicted molar refractivity (Wildman–Crippen MR) is 65.6 cm³/mol. The zero-order valence-corrected chi connectivity index (χ0v) is 10.4. The number of carbonyl (C=O) groups excluding carboxylic acids is 1. The minimum Gasteiger partial charge on any atom is -0.465 e. The summed E-state index contributed by atoms with van der Waals surface area (Å²) in [5, 5.41) is 8.97. The van der Waals surface area contributed by atoms with Gasteiger partial charge in [0.15, 0.2) is 0 Å². The fourth-order valence-electron chi connectivity index (χ4n) is 1.60. The third kappa shape index (κ3) is 3.45. The molecule has 0 unspecified atom stereocenters. The van der Waals surface area contributed by atoms with E-state index in [1.165, 1.54) is 12.1 Å². The number of nitriles is 1. The van der Waals surface area contributed by atoms with Crippen LogP contribution in [0.1, 0.15) is 19.4 Å². The van der Waals surface area contributed by atoms with Crippen molar-refractivity contribution in [2.24, 2.45) is 0 Å². The highest BCUT2D eigenvalue weighted by molar-refractivity contribution is 5.77. The highest BCUT2D eigenvalue weighted by Gasteiger charge is 2.14. The van der Waals surface area contributed by atoms with Crippen LogP contribution in [0.25, 0.3) is 0 Å². The molecule has 0 saturated carbocycles. The van der Waals surface area contributed by atoms with Crippen LogP contribution in [-0.2, 0) is 9.53 Å². The smallest absolute Gasteiger partial charge is 0.325 e. The molecule has 0 radical (unpaired) electrons. The second-order valence-corrected chi connectivity index (χ2v) is 3.59. The van der Waals surface area contributed by atoms with Crippen molar-refractivity contribution in [1.82, 2.24) is 0 Å². The molecule has 0 saturated heterocycles. The molecule has 5 heteroatoms. The number of carbonyl (C=O) groups is 1. The maximum absolute atomic E-state index is 13.0. The molecule has 4 nitrogen and oxygen atoms in total. The Balaban J connectivity index is 2.95. The standard InChI is InChI=1S/C13H15FN2O2/c1-3-16(9-13(17)18-4-2)12-6-5-11(14)7-10(12)8-15/h5-7H,3-4,9H2,1-2H3. The number of nitrogens with zero attached hydrogens (tertiary/aromatic N) is 2. The summed E-state index contributed by atoms with van der Waals surface area (Å²) < 4.78 is 17.9. The summed E-state index contributed by atoms with van der Waals surface area (Å²) in [5.74, 6) is -0.838. The number of hydrogen-bond acceptors (Lipinski definition) is 4. The van der Waals surface area contributed by atoms with Crippen molar-refractivity contribution in [1.29, 1.82) is 5.26 Å². The Kier molecular flexibility index (Phi) is 5.12. The van der Waals surface area contributed by atoms with Crippen LogP contribution in [0.4, 0.5) is 10.1 Å². The lowest BCUT2D eigenvalue weighted by Crippen LogP contribution is -2.31. The Labute approximate surface area is 106 Å². The van der Waals surface area contributed by atoms with E-state index in [-0.39, 0.29) is 18.1 Å². The first kappa shape index (κ1) is 14.0. The molecule has 1 aromatic carbocycles. The van der Waals surface area contributed by atoms with Crippen LogP contribution in [0.2, 0.25) is 0 Å². The van der Waals surface area contributed by atoms with E-state index in [9.17, 15) is 9.18 Å². The average molecular weight is 250 g/mol. The van der Waals surface area contributed by atoms with Gasteiger partial charge in [-0.2, -0.15) is 5.26 Å². The molecule has 96 valence electrons. The van der Waals surface area contributed by atoms with E-state index < -0.39 is 5.82 Å². The molecule has 1 rings (SSSR count). The van der Waals surface area contributed by atoms with Crippen molar-refractivity contribution < 1.29 is 13.9 Å². The number of benzene rings is 1. The number of halogens is 1. The lowest BCUT2D eigenvalue weighted by Gasteiger charge is -2.22. The first-order chi connectivity index (χ1) is 8.62. The van der Waals surface area contributed by atoms with E-state index in [4.69, 9.17) is 10.00 Å². The molecule has 0 aliphatic heterocycles. The molecule has 0 spiro atoms. The largest absolute Gasteiger partial charge is 0.465 e. The number of esters is 1. The molecule has 0 aliphatic carbocycles. The minimum atomic E-state index is -0.470. The summed E-state index contributed by atoms with van der Waals surface area (Å²) in [6.45, 7) is 4.46. The van der Waals surface area contributed by atoms with Gasteiger partial charge < -0.3 is 9.64 Å². The Morgan fingerprint density at radius 1 is 1.50 bits per heavy atom. The van der Waals surface area contributed by atoms with Crippen molar-refractivity contribution in [2.75, 3.05) is 24.6 Å². The van der Waals surface area contributed by atoms with Crippen LogP contribution in [0.5, 0.6) is 0 Å². The number of hydrogen-bond donors (Lipinski definition) is 0. The zero-order chi connectivity index (χ0) is 13.5. The van der Waals surface area contributed by atoms with Crippen LogP contribution in [0.15, 0.2) is 18.2 Å². The predicted octanol–water partition coefficient (Wildman–Crippen LogP) is 2.09. The molecule has 1 aromatic rings. The van der Waals surface area contributed by atoms with E-state index in [0.29, 0.717) is 18.8 Å². The van der Waals surface area contributed by atoms with Gasteiger partial charge in [-0.25, -0.2) is 4.39 Å². The summed E-state index contributed by atoms with van der Waals surface area (Å²) in [5.41, 5.74) is 0.746. The summed E-state index contributed by atoms with van der Waals surface area (Å²) in [6.07, 6.45) is 0. The van der Waals surface area contributed by atoms with Crippen molar-refractivity contribution in [3.8, 4) is 6.07 Å². The number of anilines is 1. The monoisotopic (exact) mass is 250 g/mol. The average Bonchev–Trinajstić information content (AvgIpc) is 2.36. The lowest BCUT2D eigenvalue weighted by molar-refractivity contribution is -0.141. The van der Waals surface area contributed by atoms with Crippen LogP contribution >= 0.6 is 0 Å². The molecule has 0 fully saturated rings. The normalized spacial score (nSPS) is 9.67. The highest BCUT2D eigenvalue weighted by Crippen LogP contribution is 2.20. The van der Waals surface area contributed by atoms with Crippen molar-refractivity contribution >= 4 is 11.7 Å². The molecule has 0 aliphatic rings. The molecular formula is C13H15FN2O2. The Hall–Kier alpha value is -2.09. The van der Waals surface area contributed by atoms with E-state index in [1.54, 1.807) is 11.8 Å². The van der Waals surface area contributed by atoms with Crippen LogP contribution in [0.3, 0.4) is 0 Å². The van der Waals surface area contributed by atoms with Gasteiger partial charge in [0.25, 0.3) is 0 Å². The summed E-state index contributed by atoms with van der Waals surface area (Å²) in [4.78, 5) is 13.1. The van der Waals surface area contributed by atoms with Gasteiger partial charge in [-0.1, -0.05) is 0 Å².